The lowest BCUT2D eigenvalue weighted by molar-refractivity contribution is 0.413. The van der Waals surface area contributed by atoms with E-state index in [4.69, 9.17) is 4.74 Å². The lowest BCUT2D eigenvalue weighted by atomic mass is 9.90. The van der Waals surface area contributed by atoms with Crippen LogP contribution in [0.5, 0.6) is 5.75 Å². The topological polar surface area (TPSA) is 21.3 Å². The van der Waals surface area contributed by atoms with E-state index in [1.165, 1.54) is 16.7 Å². The maximum absolute atomic E-state index is 5.31. The Morgan fingerprint density at radius 1 is 1.11 bits per heavy atom. The van der Waals surface area contributed by atoms with E-state index in [9.17, 15) is 0 Å². The van der Waals surface area contributed by atoms with Crippen molar-refractivity contribution < 1.29 is 4.74 Å². The second kappa shape index (κ2) is 4.83. The summed E-state index contributed by atoms with van der Waals surface area (Å²) in [6, 6.07) is 17.2. The molecule has 2 nitrogen and oxygen atoms in total. The Morgan fingerprint density at radius 3 is 2.89 bits per heavy atom. The van der Waals surface area contributed by atoms with Crippen molar-refractivity contribution in [2.24, 2.45) is 0 Å². The summed E-state index contributed by atoms with van der Waals surface area (Å²) >= 11 is 0. The van der Waals surface area contributed by atoms with Gasteiger partial charge in [-0.2, -0.15) is 0 Å². The fourth-order valence-electron chi connectivity index (χ4n) is 2.62. The van der Waals surface area contributed by atoms with Crippen LogP contribution in [0.2, 0.25) is 0 Å². The standard InChI is InChI=1S/C16H17NO/c1-18-14-7-4-6-13(11-14)16-15-8-3-2-5-12(15)9-10-17-16/h2-8,11,16-17H,9-10H2,1H3/t16-/m1/s1. The molecule has 1 atom stereocenters. The van der Waals surface area contributed by atoms with Gasteiger partial charge in [0.25, 0.3) is 0 Å². The van der Waals surface area contributed by atoms with Crippen molar-refractivity contribution in [1.82, 2.24) is 5.32 Å². The first-order valence-corrected chi connectivity index (χ1v) is 6.33. The highest BCUT2D eigenvalue weighted by Crippen LogP contribution is 2.30. The van der Waals surface area contributed by atoms with E-state index < -0.39 is 0 Å². The predicted octanol–water partition coefficient (Wildman–Crippen LogP) is 2.93. The summed E-state index contributed by atoms with van der Waals surface area (Å²) in [6.45, 7) is 1.03. The number of hydrogen-bond acceptors (Lipinski definition) is 2. The molecule has 1 N–H and O–H groups in total. The normalized spacial score (nSPS) is 18.2. The van der Waals surface area contributed by atoms with Crippen LogP contribution in [0.25, 0.3) is 0 Å². The van der Waals surface area contributed by atoms with E-state index in [1.807, 2.05) is 12.1 Å². The molecule has 2 heteroatoms. The molecule has 1 heterocycles. The molecule has 0 aliphatic carbocycles. The fourth-order valence-corrected chi connectivity index (χ4v) is 2.62. The van der Waals surface area contributed by atoms with E-state index >= 15 is 0 Å². The van der Waals surface area contributed by atoms with Crippen LogP contribution in [0.1, 0.15) is 22.7 Å². The van der Waals surface area contributed by atoms with Crippen LogP contribution in [0.3, 0.4) is 0 Å². The van der Waals surface area contributed by atoms with E-state index in [1.54, 1.807) is 7.11 Å². The molecule has 0 amide bonds. The molecule has 3 rings (SSSR count). The van der Waals surface area contributed by atoms with Crippen molar-refractivity contribution in [3.05, 3.63) is 65.2 Å². The zero-order chi connectivity index (χ0) is 12.4. The average Bonchev–Trinajstić information content (AvgIpc) is 2.47. The SMILES string of the molecule is COc1cccc([C@H]2NCCc3ccccc32)c1. The van der Waals surface area contributed by atoms with Crippen molar-refractivity contribution in [1.29, 1.82) is 0 Å². The van der Waals surface area contributed by atoms with E-state index in [-0.39, 0.29) is 6.04 Å². The molecule has 0 bridgehead atoms. The van der Waals surface area contributed by atoms with Crippen LogP contribution >= 0.6 is 0 Å². The molecule has 0 saturated carbocycles. The Morgan fingerprint density at radius 2 is 2.00 bits per heavy atom. The Kier molecular flexibility index (Phi) is 3.03. The van der Waals surface area contributed by atoms with Crippen LogP contribution in [-0.2, 0) is 6.42 Å². The Hall–Kier alpha value is -1.80. The van der Waals surface area contributed by atoms with Crippen LogP contribution in [0, 0.1) is 0 Å². The van der Waals surface area contributed by atoms with Crippen LogP contribution in [-0.4, -0.2) is 13.7 Å². The molecule has 2 aromatic carbocycles. The van der Waals surface area contributed by atoms with Gasteiger partial charge in [-0.3, -0.25) is 0 Å². The highest BCUT2D eigenvalue weighted by molar-refractivity contribution is 5.41. The third kappa shape index (κ3) is 2.00. The van der Waals surface area contributed by atoms with Gasteiger partial charge in [-0.25, -0.2) is 0 Å². The molecule has 0 fully saturated rings. The van der Waals surface area contributed by atoms with Gasteiger partial charge >= 0.3 is 0 Å². The summed E-state index contributed by atoms with van der Waals surface area (Å²) in [5.41, 5.74) is 4.10. The maximum atomic E-state index is 5.31. The highest BCUT2D eigenvalue weighted by Gasteiger charge is 2.20. The zero-order valence-corrected chi connectivity index (χ0v) is 10.5. The monoisotopic (exact) mass is 239 g/mol. The molecule has 92 valence electrons. The van der Waals surface area contributed by atoms with Crippen molar-refractivity contribution in [3.63, 3.8) is 0 Å². The molecular weight excluding hydrogens is 222 g/mol. The Bertz CT molecular complexity index is 550. The number of fused-ring (bicyclic) bond motifs is 1. The highest BCUT2D eigenvalue weighted by atomic mass is 16.5. The number of hydrogen-bond donors (Lipinski definition) is 1. The molecule has 0 unspecified atom stereocenters. The van der Waals surface area contributed by atoms with Gasteiger partial charge in [0.2, 0.25) is 0 Å². The summed E-state index contributed by atoms with van der Waals surface area (Å²) < 4.78 is 5.31. The summed E-state index contributed by atoms with van der Waals surface area (Å²) in [4.78, 5) is 0. The predicted molar refractivity (Wildman–Crippen MR) is 73.0 cm³/mol. The smallest absolute Gasteiger partial charge is 0.119 e. The van der Waals surface area contributed by atoms with Crippen LogP contribution < -0.4 is 10.1 Å². The molecule has 18 heavy (non-hydrogen) atoms. The van der Waals surface area contributed by atoms with Gasteiger partial charge in [0, 0.05) is 6.54 Å². The Balaban J connectivity index is 2.02. The minimum Gasteiger partial charge on any atom is -0.497 e. The third-order valence-electron chi connectivity index (χ3n) is 3.54. The largest absolute Gasteiger partial charge is 0.497 e. The summed E-state index contributed by atoms with van der Waals surface area (Å²) in [5.74, 6) is 0.914. The fraction of sp³-hybridized carbons (Fsp3) is 0.250. The summed E-state index contributed by atoms with van der Waals surface area (Å²) in [7, 11) is 1.71. The number of nitrogens with one attached hydrogen (secondary N) is 1. The first-order chi connectivity index (χ1) is 8.88. The molecular formula is C16H17NO. The van der Waals surface area contributed by atoms with Crippen molar-refractivity contribution in [2.75, 3.05) is 13.7 Å². The molecule has 0 radical (unpaired) electrons. The third-order valence-corrected chi connectivity index (χ3v) is 3.54. The number of rotatable bonds is 2. The number of benzene rings is 2. The van der Waals surface area contributed by atoms with Crippen molar-refractivity contribution in [2.45, 2.75) is 12.5 Å². The summed E-state index contributed by atoms with van der Waals surface area (Å²) in [6.07, 6.45) is 1.11. The first kappa shape index (κ1) is 11.3. The second-order valence-electron chi connectivity index (χ2n) is 4.61. The molecule has 0 spiro atoms. The minimum absolute atomic E-state index is 0.282. The average molecular weight is 239 g/mol. The maximum Gasteiger partial charge on any atom is 0.119 e. The van der Waals surface area contributed by atoms with Gasteiger partial charge in [-0.1, -0.05) is 36.4 Å². The molecule has 1 aliphatic heterocycles. The lowest BCUT2D eigenvalue weighted by Gasteiger charge is -2.27. The van der Waals surface area contributed by atoms with Crippen LogP contribution in [0.4, 0.5) is 0 Å². The quantitative estimate of drug-likeness (QED) is 0.870. The van der Waals surface area contributed by atoms with E-state index in [0.29, 0.717) is 0 Å². The second-order valence-corrected chi connectivity index (χ2v) is 4.61. The Labute approximate surface area is 108 Å². The first-order valence-electron chi connectivity index (χ1n) is 6.33. The van der Waals surface area contributed by atoms with Crippen molar-refractivity contribution >= 4 is 0 Å². The lowest BCUT2D eigenvalue weighted by Crippen LogP contribution is -2.30. The molecule has 0 saturated heterocycles. The van der Waals surface area contributed by atoms with Gasteiger partial charge in [0.1, 0.15) is 5.75 Å². The number of methoxy groups -OCH3 is 1. The molecule has 0 aromatic heterocycles. The molecule has 1 aliphatic rings. The van der Waals surface area contributed by atoms with Gasteiger partial charge in [0.05, 0.1) is 13.2 Å². The van der Waals surface area contributed by atoms with Crippen LogP contribution in [0.15, 0.2) is 48.5 Å². The zero-order valence-electron chi connectivity index (χ0n) is 10.5. The number of ether oxygens (including phenoxy) is 1. The van der Waals surface area contributed by atoms with Gasteiger partial charge < -0.3 is 10.1 Å². The summed E-state index contributed by atoms with van der Waals surface area (Å²) in [5, 5.41) is 3.59. The van der Waals surface area contributed by atoms with Gasteiger partial charge in [-0.15, -0.1) is 0 Å². The van der Waals surface area contributed by atoms with E-state index in [0.717, 1.165) is 18.7 Å². The molecule has 2 aromatic rings. The van der Waals surface area contributed by atoms with E-state index in [2.05, 4.69) is 41.7 Å². The van der Waals surface area contributed by atoms with Gasteiger partial charge in [0.15, 0.2) is 0 Å². The van der Waals surface area contributed by atoms with Gasteiger partial charge in [-0.05, 0) is 35.2 Å². The van der Waals surface area contributed by atoms with Crippen molar-refractivity contribution in [3.8, 4) is 5.75 Å². The minimum atomic E-state index is 0.282.